The Bertz CT molecular complexity index is 1090. The van der Waals surface area contributed by atoms with Crippen molar-refractivity contribution in [2.75, 3.05) is 5.73 Å². The van der Waals surface area contributed by atoms with Crippen LogP contribution < -0.4 is 11.1 Å². The van der Waals surface area contributed by atoms with Crippen molar-refractivity contribution in [3.8, 4) is 11.1 Å². The van der Waals surface area contributed by atoms with Crippen LogP contribution in [0.4, 0.5) is 5.82 Å². The third kappa shape index (κ3) is 3.06. The molecule has 0 aliphatic heterocycles. The fourth-order valence-corrected chi connectivity index (χ4v) is 4.19. The molecule has 1 aliphatic carbocycles. The average Bonchev–Trinajstić information content (AvgIpc) is 3.30. The van der Waals surface area contributed by atoms with Gasteiger partial charge in [-0.3, -0.25) is 5.10 Å². The standard InChI is InChI=1S/C21H24N6/c22-20-18-10-13(6-7-19(18)26-27-20)16-8-9-23-21-17(16)11-15(25-21)12-24-14-4-2-1-3-5-14/h6-11,14,24H,1-5,12H2,(H,23,25)(H3,22,26,27). The Hall–Kier alpha value is -2.86. The third-order valence-corrected chi connectivity index (χ3v) is 5.68. The highest BCUT2D eigenvalue weighted by Gasteiger charge is 2.14. The molecule has 6 heteroatoms. The van der Waals surface area contributed by atoms with Gasteiger partial charge in [0.15, 0.2) is 5.82 Å². The summed E-state index contributed by atoms with van der Waals surface area (Å²) in [5, 5.41) is 12.8. The summed E-state index contributed by atoms with van der Waals surface area (Å²) >= 11 is 0. The van der Waals surface area contributed by atoms with E-state index in [1.807, 2.05) is 12.3 Å². The summed E-state index contributed by atoms with van der Waals surface area (Å²) in [6.07, 6.45) is 8.50. The second-order valence-corrected chi connectivity index (χ2v) is 7.50. The highest BCUT2D eigenvalue weighted by molar-refractivity contribution is 5.98. The van der Waals surface area contributed by atoms with Gasteiger partial charge in [-0.15, -0.1) is 0 Å². The quantitative estimate of drug-likeness (QED) is 0.440. The molecule has 6 nitrogen and oxygen atoms in total. The minimum absolute atomic E-state index is 0.531. The highest BCUT2D eigenvalue weighted by Crippen LogP contribution is 2.31. The van der Waals surface area contributed by atoms with E-state index >= 15 is 0 Å². The molecule has 0 spiro atoms. The van der Waals surface area contributed by atoms with E-state index in [0.29, 0.717) is 11.9 Å². The molecule has 4 aromatic rings. The zero-order valence-electron chi connectivity index (χ0n) is 15.3. The average molecular weight is 360 g/mol. The Morgan fingerprint density at radius 2 is 1.96 bits per heavy atom. The lowest BCUT2D eigenvalue weighted by atomic mass is 9.95. The van der Waals surface area contributed by atoms with Crippen LogP contribution in [-0.2, 0) is 6.54 Å². The number of rotatable bonds is 4. The van der Waals surface area contributed by atoms with Gasteiger partial charge in [-0.2, -0.15) is 5.10 Å². The maximum Gasteiger partial charge on any atom is 0.153 e. The molecule has 5 rings (SSSR count). The molecule has 0 bridgehead atoms. The van der Waals surface area contributed by atoms with Crippen molar-refractivity contribution in [3.05, 3.63) is 42.2 Å². The van der Waals surface area contributed by atoms with Crippen LogP contribution in [0.5, 0.6) is 0 Å². The number of benzene rings is 1. The molecule has 0 amide bonds. The van der Waals surface area contributed by atoms with E-state index in [-0.39, 0.29) is 0 Å². The monoisotopic (exact) mass is 360 g/mol. The minimum Gasteiger partial charge on any atom is -0.382 e. The fourth-order valence-electron chi connectivity index (χ4n) is 4.19. The smallest absolute Gasteiger partial charge is 0.153 e. The summed E-state index contributed by atoms with van der Waals surface area (Å²) in [6.45, 7) is 0.855. The number of anilines is 1. The Labute approximate surface area is 157 Å². The first-order chi connectivity index (χ1) is 13.3. The molecule has 0 radical (unpaired) electrons. The largest absolute Gasteiger partial charge is 0.382 e. The van der Waals surface area contributed by atoms with Crippen molar-refractivity contribution in [1.82, 2.24) is 25.5 Å². The Morgan fingerprint density at radius 1 is 1.07 bits per heavy atom. The lowest BCUT2D eigenvalue weighted by Gasteiger charge is -2.22. The van der Waals surface area contributed by atoms with E-state index in [2.05, 4.69) is 49.7 Å². The number of fused-ring (bicyclic) bond motifs is 2. The van der Waals surface area contributed by atoms with Crippen LogP contribution in [0, 0.1) is 0 Å². The molecular formula is C21H24N6. The molecule has 3 heterocycles. The first-order valence-corrected chi connectivity index (χ1v) is 9.72. The molecule has 0 atom stereocenters. The van der Waals surface area contributed by atoms with E-state index in [9.17, 15) is 0 Å². The van der Waals surface area contributed by atoms with Crippen LogP contribution in [-0.4, -0.2) is 26.2 Å². The summed E-state index contributed by atoms with van der Waals surface area (Å²) in [5.74, 6) is 0.531. The highest BCUT2D eigenvalue weighted by atomic mass is 15.1. The Morgan fingerprint density at radius 3 is 2.85 bits per heavy atom. The van der Waals surface area contributed by atoms with Crippen LogP contribution in [0.1, 0.15) is 37.8 Å². The van der Waals surface area contributed by atoms with Crippen molar-refractivity contribution >= 4 is 27.8 Å². The number of nitrogens with two attached hydrogens (primary N) is 1. The van der Waals surface area contributed by atoms with Gasteiger partial charge >= 0.3 is 0 Å². The molecule has 5 N–H and O–H groups in total. The second kappa shape index (κ2) is 6.70. The van der Waals surface area contributed by atoms with Crippen LogP contribution in [0.25, 0.3) is 33.1 Å². The topological polar surface area (TPSA) is 95.4 Å². The second-order valence-electron chi connectivity index (χ2n) is 7.50. The van der Waals surface area contributed by atoms with Crippen LogP contribution in [0.15, 0.2) is 36.5 Å². The minimum atomic E-state index is 0.531. The van der Waals surface area contributed by atoms with E-state index in [1.165, 1.54) is 37.8 Å². The van der Waals surface area contributed by atoms with Gasteiger partial charge in [0.2, 0.25) is 0 Å². The Kier molecular flexibility index (Phi) is 4.05. The van der Waals surface area contributed by atoms with Gasteiger partial charge in [-0.05, 0) is 48.2 Å². The van der Waals surface area contributed by atoms with Crippen molar-refractivity contribution in [3.63, 3.8) is 0 Å². The molecule has 1 fully saturated rings. The van der Waals surface area contributed by atoms with E-state index in [0.717, 1.165) is 39.6 Å². The number of pyridine rings is 1. The van der Waals surface area contributed by atoms with Crippen molar-refractivity contribution in [2.45, 2.75) is 44.7 Å². The van der Waals surface area contributed by atoms with Crippen LogP contribution in [0.2, 0.25) is 0 Å². The molecule has 3 aromatic heterocycles. The molecular weight excluding hydrogens is 336 g/mol. The first-order valence-electron chi connectivity index (χ1n) is 9.72. The summed E-state index contributed by atoms with van der Waals surface area (Å²) in [6, 6.07) is 11.1. The maximum atomic E-state index is 5.98. The van der Waals surface area contributed by atoms with E-state index in [1.54, 1.807) is 0 Å². The molecule has 0 saturated heterocycles. The van der Waals surface area contributed by atoms with E-state index in [4.69, 9.17) is 5.73 Å². The number of H-pyrrole nitrogens is 2. The van der Waals surface area contributed by atoms with Gasteiger partial charge in [-0.25, -0.2) is 4.98 Å². The summed E-state index contributed by atoms with van der Waals surface area (Å²) < 4.78 is 0. The summed E-state index contributed by atoms with van der Waals surface area (Å²) in [4.78, 5) is 8.00. The van der Waals surface area contributed by atoms with Crippen LogP contribution in [0.3, 0.4) is 0 Å². The van der Waals surface area contributed by atoms with Gasteiger partial charge in [-0.1, -0.05) is 25.3 Å². The fraction of sp³-hybridized carbons (Fsp3) is 0.333. The molecule has 27 heavy (non-hydrogen) atoms. The summed E-state index contributed by atoms with van der Waals surface area (Å²) in [7, 11) is 0. The number of hydrogen-bond donors (Lipinski definition) is 4. The first kappa shape index (κ1) is 16.3. The molecule has 1 aromatic carbocycles. The van der Waals surface area contributed by atoms with Gasteiger partial charge in [0.05, 0.1) is 5.52 Å². The zero-order chi connectivity index (χ0) is 18.2. The van der Waals surface area contributed by atoms with Gasteiger partial charge in [0, 0.05) is 35.2 Å². The van der Waals surface area contributed by atoms with Crippen molar-refractivity contribution in [1.29, 1.82) is 0 Å². The number of hydrogen-bond acceptors (Lipinski definition) is 4. The predicted octanol–water partition coefficient (Wildman–Crippen LogP) is 4.11. The van der Waals surface area contributed by atoms with Crippen molar-refractivity contribution < 1.29 is 0 Å². The zero-order valence-corrected chi connectivity index (χ0v) is 15.3. The molecule has 1 aliphatic rings. The molecule has 138 valence electrons. The number of aromatic amines is 2. The van der Waals surface area contributed by atoms with E-state index < -0.39 is 0 Å². The summed E-state index contributed by atoms with van der Waals surface area (Å²) in [5.41, 5.74) is 11.3. The Balaban J connectivity index is 1.47. The van der Waals surface area contributed by atoms with Gasteiger partial charge in [0.1, 0.15) is 5.65 Å². The number of nitrogens with one attached hydrogen (secondary N) is 3. The number of aromatic nitrogens is 4. The number of nitrogen functional groups attached to an aromatic ring is 1. The van der Waals surface area contributed by atoms with Crippen LogP contribution >= 0.6 is 0 Å². The normalized spacial score (nSPS) is 15.7. The van der Waals surface area contributed by atoms with Crippen molar-refractivity contribution in [2.24, 2.45) is 0 Å². The maximum absolute atomic E-state index is 5.98. The SMILES string of the molecule is Nc1n[nH]c2ccc(-c3ccnc4[nH]c(CNC5CCCCC5)cc34)cc12. The number of nitrogens with zero attached hydrogens (tertiary/aromatic N) is 2. The predicted molar refractivity (Wildman–Crippen MR) is 109 cm³/mol. The lowest BCUT2D eigenvalue weighted by molar-refractivity contribution is 0.371. The molecule has 1 saturated carbocycles. The van der Waals surface area contributed by atoms with Gasteiger partial charge in [0.25, 0.3) is 0 Å². The molecule has 0 unspecified atom stereocenters. The third-order valence-electron chi connectivity index (χ3n) is 5.68. The van der Waals surface area contributed by atoms with Gasteiger partial charge < -0.3 is 16.0 Å². The lowest BCUT2D eigenvalue weighted by Crippen LogP contribution is -2.30.